The summed E-state index contributed by atoms with van der Waals surface area (Å²) in [6.07, 6.45) is -5.42. The highest BCUT2D eigenvalue weighted by atomic mass is 32.7. The van der Waals surface area contributed by atoms with Crippen LogP contribution < -0.4 is 17.0 Å². The molecule has 1 unspecified atom stereocenters. The Morgan fingerprint density at radius 1 is 0.909 bits per heavy atom. The SMILES string of the molecule is Nc1nc2c(ncn2[C@@H]2O[C@@H]3CO[P@@](=O)(S)O[C@@H]4CC(CO[P@](=O)(S)O[C@H]3[C@H]2F)O[C@H]4n2cnc3c(N)ncnc32)c(=O)[nH]1. The molecule has 0 amide bonds. The first-order valence-corrected chi connectivity index (χ1v) is 18.2. The minimum absolute atomic E-state index is 0.0761. The van der Waals surface area contributed by atoms with Crippen LogP contribution >= 0.6 is 38.1 Å². The number of imidazole rings is 2. The maximum atomic E-state index is 16.0. The van der Waals surface area contributed by atoms with E-state index in [0.29, 0.717) is 11.2 Å². The number of anilines is 2. The van der Waals surface area contributed by atoms with Crippen molar-refractivity contribution in [3.63, 3.8) is 0 Å². The van der Waals surface area contributed by atoms with Gasteiger partial charge in [-0.15, -0.1) is 0 Å². The van der Waals surface area contributed by atoms with Gasteiger partial charge in [0.25, 0.3) is 5.56 Å². The van der Waals surface area contributed by atoms with E-state index in [2.05, 4.69) is 54.4 Å². The largest absolute Gasteiger partial charge is 0.386 e. The monoisotopic (exact) mass is 692 g/mol. The Kier molecular flexibility index (Phi) is 7.51. The molecule has 3 fully saturated rings. The van der Waals surface area contributed by atoms with Gasteiger partial charge in [0, 0.05) is 6.42 Å². The highest BCUT2D eigenvalue weighted by Crippen LogP contribution is 2.60. The van der Waals surface area contributed by atoms with E-state index in [9.17, 15) is 13.9 Å². The normalized spacial score (nSPS) is 36.6. The van der Waals surface area contributed by atoms with E-state index in [1.807, 2.05) is 0 Å². The molecule has 0 spiro atoms. The molecular weight excluding hydrogens is 669 g/mol. The van der Waals surface area contributed by atoms with Gasteiger partial charge in [0.05, 0.1) is 32.0 Å². The fourth-order valence-corrected chi connectivity index (χ4v) is 8.25. The van der Waals surface area contributed by atoms with Crippen molar-refractivity contribution >= 4 is 72.2 Å². The number of nitrogens with one attached hydrogen (secondary N) is 1. The first-order chi connectivity index (χ1) is 20.9. The number of rotatable bonds is 2. The Morgan fingerprint density at radius 2 is 1.61 bits per heavy atom. The second-order valence-corrected chi connectivity index (χ2v) is 15.7. The summed E-state index contributed by atoms with van der Waals surface area (Å²) in [6.45, 7) is -9.41. The molecule has 4 aromatic heterocycles. The summed E-state index contributed by atoms with van der Waals surface area (Å²) in [4.78, 5) is 34.9. The molecule has 2 bridgehead atoms. The lowest BCUT2D eigenvalue weighted by Gasteiger charge is -2.26. The van der Waals surface area contributed by atoms with Crippen LogP contribution in [0.15, 0.2) is 23.8 Å². The number of nitrogen functional groups attached to an aromatic ring is 2. The molecule has 44 heavy (non-hydrogen) atoms. The predicted octanol–water partition coefficient (Wildman–Crippen LogP) is 1.54. The molecule has 3 aliphatic rings. The Labute approximate surface area is 255 Å². The van der Waals surface area contributed by atoms with Crippen molar-refractivity contribution in [1.29, 1.82) is 0 Å². The first-order valence-electron chi connectivity index (χ1n) is 12.8. The number of thiol groups is 2. The van der Waals surface area contributed by atoms with E-state index < -0.39 is 68.8 Å². The highest BCUT2D eigenvalue weighted by Gasteiger charge is 2.52. The molecule has 3 aliphatic heterocycles. The van der Waals surface area contributed by atoms with Gasteiger partial charge in [-0.25, -0.2) is 33.5 Å². The van der Waals surface area contributed by atoms with Crippen LogP contribution in [0.4, 0.5) is 16.2 Å². The van der Waals surface area contributed by atoms with Gasteiger partial charge in [0.2, 0.25) is 5.95 Å². The average molecular weight is 693 g/mol. The third-order valence-electron chi connectivity index (χ3n) is 7.15. The second kappa shape index (κ2) is 11.0. The molecule has 5 N–H and O–H groups in total. The smallest absolute Gasteiger partial charge is 0.382 e. The lowest BCUT2D eigenvalue weighted by Crippen LogP contribution is -2.33. The molecule has 0 saturated carbocycles. The zero-order valence-electron chi connectivity index (χ0n) is 22.0. The van der Waals surface area contributed by atoms with E-state index in [-0.39, 0.29) is 36.0 Å². The van der Waals surface area contributed by atoms with Crippen LogP contribution in [-0.2, 0) is 36.7 Å². The number of H-pyrrole nitrogens is 1. The number of nitrogens with two attached hydrogens (primary N) is 2. The molecule has 19 nitrogen and oxygen atoms in total. The summed E-state index contributed by atoms with van der Waals surface area (Å²) in [5.74, 6) is -0.107. The molecule has 236 valence electrons. The number of alkyl halides is 1. The lowest BCUT2D eigenvalue weighted by molar-refractivity contribution is -0.0561. The standard InChI is InChI=1S/C20H23FN10O9P2S2/c21-10-13-9(38-19(10)31-6-27-12-16(31)28-20(23)29-17(12)32)3-36-41(33,43)39-8-1-7(2-35-42(34,44)40-13)37-18(8)30-5-26-11-14(22)24-4-25-15(11)30/h4-10,13,18-19H,1-3H2,(H,33,43)(H,34,44)(H2,22,24,25)(H3,23,28,29,32)/t7?,8-,9-,10-,13-,18-,19-,41-,42+/m1/s1. The van der Waals surface area contributed by atoms with Crippen molar-refractivity contribution in [2.45, 2.75) is 49.5 Å². The molecule has 4 aromatic rings. The summed E-state index contributed by atoms with van der Waals surface area (Å²) < 4.78 is 79.7. The van der Waals surface area contributed by atoms with Crippen LogP contribution in [-0.4, -0.2) is 82.8 Å². The predicted molar refractivity (Wildman–Crippen MR) is 154 cm³/mol. The molecule has 7 rings (SSSR count). The summed E-state index contributed by atoms with van der Waals surface area (Å²) in [5, 5.41) is 0. The highest BCUT2D eigenvalue weighted by molar-refractivity contribution is 8.44. The van der Waals surface area contributed by atoms with Crippen molar-refractivity contribution < 1.29 is 41.1 Å². The van der Waals surface area contributed by atoms with Crippen LogP contribution in [0.25, 0.3) is 22.3 Å². The fraction of sp³-hybridized carbons (Fsp3) is 0.500. The van der Waals surface area contributed by atoms with Crippen LogP contribution in [0.2, 0.25) is 0 Å². The van der Waals surface area contributed by atoms with Crippen LogP contribution in [0, 0.1) is 0 Å². The van der Waals surface area contributed by atoms with Crippen molar-refractivity contribution in [3.05, 3.63) is 29.3 Å². The number of nitrogens with zero attached hydrogens (tertiary/aromatic N) is 7. The van der Waals surface area contributed by atoms with Crippen LogP contribution in [0.5, 0.6) is 0 Å². The summed E-state index contributed by atoms with van der Waals surface area (Å²) in [7, 11) is 0. The zero-order chi connectivity index (χ0) is 31.0. The van der Waals surface area contributed by atoms with E-state index >= 15 is 4.39 Å². The lowest BCUT2D eigenvalue weighted by atomic mass is 10.1. The molecule has 3 saturated heterocycles. The second-order valence-electron chi connectivity index (χ2n) is 9.99. The van der Waals surface area contributed by atoms with Gasteiger partial charge >= 0.3 is 13.6 Å². The molecule has 7 heterocycles. The van der Waals surface area contributed by atoms with E-state index in [4.69, 9.17) is 39.0 Å². The van der Waals surface area contributed by atoms with Gasteiger partial charge in [0.15, 0.2) is 41.3 Å². The van der Waals surface area contributed by atoms with Gasteiger partial charge in [-0.2, -0.15) is 4.98 Å². The van der Waals surface area contributed by atoms with E-state index in [1.54, 1.807) is 0 Å². The quantitative estimate of drug-likeness (QED) is 0.148. The number of hydrogen-bond acceptors (Lipinski definition) is 16. The third-order valence-corrected chi connectivity index (χ3v) is 10.4. The zero-order valence-corrected chi connectivity index (χ0v) is 25.6. The number of aromatic nitrogens is 8. The molecule has 0 aromatic carbocycles. The summed E-state index contributed by atoms with van der Waals surface area (Å²) in [6, 6.07) is 0. The van der Waals surface area contributed by atoms with E-state index in [1.165, 1.54) is 17.2 Å². The van der Waals surface area contributed by atoms with Gasteiger partial charge in [-0.05, 0) is 0 Å². The van der Waals surface area contributed by atoms with Gasteiger partial charge in [-0.1, -0.05) is 24.5 Å². The summed E-state index contributed by atoms with van der Waals surface area (Å²) in [5.41, 5.74) is 11.3. The van der Waals surface area contributed by atoms with Crippen molar-refractivity contribution in [2.75, 3.05) is 24.7 Å². The van der Waals surface area contributed by atoms with Crippen molar-refractivity contribution in [3.8, 4) is 0 Å². The molecular formula is C20H23FN10O9P2S2. The van der Waals surface area contributed by atoms with Gasteiger partial charge < -0.3 is 20.9 Å². The Hall–Kier alpha value is -2.65. The minimum atomic E-state index is -4.28. The molecule has 9 atom stereocenters. The van der Waals surface area contributed by atoms with Crippen LogP contribution in [0.1, 0.15) is 18.9 Å². The van der Waals surface area contributed by atoms with Gasteiger partial charge in [0.1, 0.15) is 30.2 Å². The number of hydrogen-bond donors (Lipinski definition) is 5. The van der Waals surface area contributed by atoms with Crippen LogP contribution in [0.3, 0.4) is 0 Å². The summed E-state index contributed by atoms with van der Waals surface area (Å²) >= 11 is 8.16. The maximum absolute atomic E-state index is 16.0. The molecule has 0 aliphatic carbocycles. The Morgan fingerprint density at radius 3 is 2.41 bits per heavy atom. The first kappa shape index (κ1) is 30.0. The number of aromatic amines is 1. The average Bonchev–Trinajstić information content (AvgIpc) is 3.72. The van der Waals surface area contributed by atoms with Gasteiger partial charge in [-0.3, -0.25) is 37.0 Å². The van der Waals surface area contributed by atoms with Crippen molar-refractivity contribution in [2.24, 2.45) is 0 Å². The number of fused-ring (bicyclic) bond motifs is 5. The fourth-order valence-electron chi connectivity index (χ4n) is 5.26. The third kappa shape index (κ3) is 5.42. The Bertz CT molecular complexity index is 1910. The number of ether oxygens (including phenoxy) is 2. The van der Waals surface area contributed by atoms with Crippen molar-refractivity contribution in [1.82, 2.24) is 39.0 Å². The minimum Gasteiger partial charge on any atom is -0.382 e. The maximum Gasteiger partial charge on any atom is 0.386 e. The number of halogens is 1. The van der Waals surface area contributed by atoms with E-state index in [0.717, 1.165) is 10.9 Å². The molecule has 0 radical (unpaired) electrons. The topological polar surface area (TPSA) is 249 Å². The Balaban J connectivity index is 1.19. The molecule has 24 heteroatoms.